The molecule has 11 nitrogen and oxygen atoms in total. The van der Waals surface area contributed by atoms with Crippen LogP contribution in [0, 0.1) is 5.92 Å². The molecule has 5 rings (SSSR count). The molecule has 44 heavy (non-hydrogen) atoms. The molecule has 4 aromatic rings. The maximum Gasteiger partial charge on any atom is 0.351 e. The summed E-state index contributed by atoms with van der Waals surface area (Å²) in [7, 11) is 3.19. The quantitative estimate of drug-likeness (QED) is 0.104. The first-order valence-electron chi connectivity index (χ1n) is 14.0. The van der Waals surface area contributed by atoms with Crippen molar-refractivity contribution in [3.63, 3.8) is 0 Å². The standard InChI is InChI=1S/C32H33FN6O5/c1-21-28(33)29(44-31(21,20-40)19-35-38-34)39-18-17-27(36-30(39)41)37-32(22-7-5-4-6-8-22,23-9-13-25(42-2)14-10-23)24-11-15-26(43-3)16-12-24/h4-18,21,28-29,40H,19-20H2,1-3H3,(H,36,37,41)/t21-,28+,29+,31+/m0/s1. The van der Waals surface area contributed by atoms with Gasteiger partial charge in [0.1, 0.15) is 28.5 Å². The molecule has 2 heterocycles. The molecule has 0 aliphatic carbocycles. The van der Waals surface area contributed by atoms with Gasteiger partial charge in [0, 0.05) is 17.0 Å². The molecule has 0 amide bonds. The monoisotopic (exact) mass is 600 g/mol. The number of aromatic nitrogens is 2. The molecule has 2 N–H and O–H groups in total. The van der Waals surface area contributed by atoms with Gasteiger partial charge in [-0.25, -0.2) is 9.18 Å². The minimum Gasteiger partial charge on any atom is -0.497 e. The van der Waals surface area contributed by atoms with E-state index in [1.54, 1.807) is 27.2 Å². The van der Waals surface area contributed by atoms with E-state index < -0.39 is 41.8 Å². The molecule has 0 unspecified atom stereocenters. The molecule has 1 saturated heterocycles. The number of hydrogen-bond acceptors (Lipinski definition) is 8. The smallest absolute Gasteiger partial charge is 0.351 e. The third-order valence-electron chi connectivity index (χ3n) is 8.28. The molecular formula is C32H33FN6O5. The van der Waals surface area contributed by atoms with Gasteiger partial charge in [0.25, 0.3) is 0 Å². The van der Waals surface area contributed by atoms with Crippen molar-refractivity contribution in [3.8, 4) is 11.5 Å². The van der Waals surface area contributed by atoms with Gasteiger partial charge in [0.2, 0.25) is 0 Å². The number of methoxy groups -OCH3 is 2. The molecule has 4 atom stereocenters. The Hall–Kier alpha value is -4.90. The van der Waals surface area contributed by atoms with Crippen molar-refractivity contribution in [3.05, 3.63) is 129 Å². The highest BCUT2D eigenvalue weighted by molar-refractivity contribution is 5.59. The number of alkyl halides is 1. The number of anilines is 1. The number of aliphatic hydroxyl groups excluding tert-OH is 1. The van der Waals surface area contributed by atoms with E-state index >= 15 is 4.39 Å². The molecule has 3 aromatic carbocycles. The van der Waals surface area contributed by atoms with Crippen molar-refractivity contribution < 1.29 is 23.7 Å². The second kappa shape index (κ2) is 12.8. The van der Waals surface area contributed by atoms with E-state index in [1.807, 2.05) is 78.9 Å². The van der Waals surface area contributed by atoms with Crippen LogP contribution in [0.1, 0.15) is 29.8 Å². The zero-order valence-corrected chi connectivity index (χ0v) is 24.5. The number of hydrogen-bond donors (Lipinski definition) is 2. The Labute approximate surface area is 253 Å². The average molecular weight is 601 g/mol. The van der Waals surface area contributed by atoms with Gasteiger partial charge in [-0.1, -0.05) is 66.6 Å². The lowest BCUT2D eigenvalue weighted by Crippen LogP contribution is -2.43. The van der Waals surface area contributed by atoms with E-state index in [9.17, 15) is 9.90 Å². The number of ether oxygens (including phenoxy) is 3. The maximum atomic E-state index is 15.5. The summed E-state index contributed by atoms with van der Waals surface area (Å²) >= 11 is 0. The lowest BCUT2D eigenvalue weighted by Gasteiger charge is -2.37. The number of azide groups is 1. The summed E-state index contributed by atoms with van der Waals surface area (Å²) in [6.45, 7) is 0.665. The SMILES string of the molecule is COc1ccc(C(Nc2ccn([C@@H]3O[C@@](CO)(CN=[N+]=[N-])[C@@H](C)[C@H]3F)c(=O)n2)(c2ccccc2)c2ccc(OC)cc2)cc1. The average Bonchev–Trinajstić information content (AvgIpc) is 3.32. The molecule has 0 spiro atoms. The molecule has 1 aromatic heterocycles. The topological polar surface area (TPSA) is 144 Å². The maximum absolute atomic E-state index is 15.5. The molecule has 1 fully saturated rings. The summed E-state index contributed by atoms with van der Waals surface area (Å²) in [5, 5.41) is 17.0. The molecule has 0 bridgehead atoms. The highest BCUT2D eigenvalue weighted by atomic mass is 19.1. The highest BCUT2D eigenvalue weighted by Crippen LogP contribution is 2.44. The second-order valence-electron chi connectivity index (χ2n) is 10.6. The van der Waals surface area contributed by atoms with Crippen LogP contribution in [0.3, 0.4) is 0 Å². The van der Waals surface area contributed by atoms with Crippen LogP contribution in [-0.2, 0) is 10.3 Å². The third-order valence-corrected chi connectivity index (χ3v) is 8.28. The summed E-state index contributed by atoms with van der Waals surface area (Å²) < 4.78 is 33.3. The van der Waals surface area contributed by atoms with Crippen LogP contribution in [-0.4, -0.2) is 53.8 Å². The van der Waals surface area contributed by atoms with E-state index in [2.05, 4.69) is 20.3 Å². The van der Waals surface area contributed by atoms with Crippen molar-refractivity contribution >= 4 is 5.82 Å². The van der Waals surface area contributed by atoms with Crippen LogP contribution >= 0.6 is 0 Å². The van der Waals surface area contributed by atoms with Crippen LogP contribution < -0.4 is 20.5 Å². The van der Waals surface area contributed by atoms with Crippen molar-refractivity contribution in [1.82, 2.24) is 9.55 Å². The molecule has 1 aliphatic rings. The fraction of sp³-hybridized carbons (Fsp3) is 0.312. The van der Waals surface area contributed by atoms with Gasteiger partial charge in [-0.15, -0.1) is 0 Å². The number of halogens is 1. The Kier molecular flexibility index (Phi) is 8.86. The largest absolute Gasteiger partial charge is 0.497 e. The van der Waals surface area contributed by atoms with Gasteiger partial charge in [-0.05, 0) is 52.6 Å². The summed E-state index contributed by atoms with van der Waals surface area (Å²) in [5.74, 6) is 0.726. The van der Waals surface area contributed by atoms with Crippen LogP contribution in [0.2, 0.25) is 0 Å². The normalized spacial score (nSPS) is 21.3. The van der Waals surface area contributed by atoms with E-state index in [1.165, 1.54) is 6.20 Å². The van der Waals surface area contributed by atoms with E-state index in [0.29, 0.717) is 11.5 Å². The summed E-state index contributed by atoms with van der Waals surface area (Å²) in [4.78, 5) is 20.5. The van der Waals surface area contributed by atoms with Crippen molar-refractivity contribution in [2.75, 3.05) is 32.7 Å². The third kappa shape index (κ3) is 5.46. The molecule has 12 heteroatoms. The number of rotatable bonds is 11. The highest BCUT2D eigenvalue weighted by Gasteiger charge is 2.53. The van der Waals surface area contributed by atoms with Crippen LogP contribution in [0.25, 0.3) is 10.4 Å². The zero-order valence-electron chi connectivity index (χ0n) is 24.5. The van der Waals surface area contributed by atoms with Crippen LogP contribution in [0.4, 0.5) is 10.2 Å². The van der Waals surface area contributed by atoms with Gasteiger partial charge in [0.05, 0.1) is 27.4 Å². The summed E-state index contributed by atoms with van der Waals surface area (Å²) in [6, 6.07) is 26.4. The molecule has 0 radical (unpaired) electrons. The van der Waals surface area contributed by atoms with Gasteiger partial charge in [-0.3, -0.25) is 4.57 Å². The number of nitrogens with one attached hydrogen (secondary N) is 1. The first kappa shape index (κ1) is 30.6. The number of nitrogens with zero attached hydrogens (tertiary/aromatic N) is 5. The predicted molar refractivity (Wildman–Crippen MR) is 162 cm³/mol. The molecule has 1 aliphatic heterocycles. The number of aliphatic hydroxyl groups is 1. The predicted octanol–water partition coefficient (Wildman–Crippen LogP) is 5.21. The molecule has 228 valence electrons. The van der Waals surface area contributed by atoms with Crippen LogP contribution in [0.15, 0.2) is 101 Å². The van der Waals surface area contributed by atoms with E-state index in [-0.39, 0.29) is 12.4 Å². The summed E-state index contributed by atoms with van der Waals surface area (Å²) in [5.41, 5.74) is 8.05. The Morgan fingerprint density at radius 1 is 1.02 bits per heavy atom. The fourth-order valence-corrected chi connectivity index (χ4v) is 5.68. The van der Waals surface area contributed by atoms with Gasteiger partial charge < -0.3 is 24.6 Å². The van der Waals surface area contributed by atoms with Gasteiger partial charge in [-0.2, -0.15) is 4.98 Å². The van der Waals surface area contributed by atoms with E-state index in [0.717, 1.165) is 21.3 Å². The fourth-order valence-electron chi connectivity index (χ4n) is 5.68. The Morgan fingerprint density at radius 2 is 1.59 bits per heavy atom. The first-order valence-corrected chi connectivity index (χ1v) is 14.0. The number of benzene rings is 3. The second-order valence-corrected chi connectivity index (χ2v) is 10.6. The first-order chi connectivity index (χ1) is 21.3. The van der Waals surface area contributed by atoms with Gasteiger partial charge >= 0.3 is 5.69 Å². The molecule has 0 saturated carbocycles. The van der Waals surface area contributed by atoms with Crippen LogP contribution in [0.5, 0.6) is 11.5 Å². The lowest BCUT2D eigenvalue weighted by atomic mass is 9.77. The Morgan fingerprint density at radius 3 is 2.09 bits per heavy atom. The zero-order chi connectivity index (χ0) is 31.3. The van der Waals surface area contributed by atoms with E-state index in [4.69, 9.17) is 19.7 Å². The minimum atomic E-state index is -1.67. The minimum absolute atomic E-state index is 0.227. The lowest BCUT2D eigenvalue weighted by molar-refractivity contribution is -0.108. The Balaban J connectivity index is 1.61. The van der Waals surface area contributed by atoms with Crippen molar-refractivity contribution in [2.45, 2.75) is 30.5 Å². The molecular weight excluding hydrogens is 567 g/mol. The summed E-state index contributed by atoms with van der Waals surface area (Å²) in [6.07, 6.45) is -1.64. The van der Waals surface area contributed by atoms with Crippen molar-refractivity contribution in [2.24, 2.45) is 11.0 Å². The Bertz CT molecular complexity index is 1630. The van der Waals surface area contributed by atoms with Gasteiger partial charge in [0.15, 0.2) is 12.4 Å². The van der Waals surface area contributed by atoms with Crippen molar-refractivity contribution in [1.29, 1.82) is 0 Å².